The fourth-order valence-electron chi connectivity index (χ4n) is 4.19. The molecule has 2 aliphatic heterocycles. The van der Waals surface area contributed by atoms with Crippen LogP contribution in [0.3, 0.4) is 0 Å². The average molecular weight is 366 g/mol. The summed E-state index contributed by atoms with van der Waals surface area (Å²) >= 11 is 0. The van der Waals surface area contributed by atoms with Crippen LogP contribution in [0.2, 0.25) is 0 Å². The van der Waals surface area contributed by atoms with Gasteiger partial charge in [-0.1, -0.05) is 6.92 Å². The summed E-state index contributed by atoms with van der Waals surface area (Å²) in [5.41, 5.74) is 0. The van der Waals surface area contributed by atoms with Crippen LogP contribution in [0.4, 0.5) is 0 Å². The van der Waals surface area contributed by atoms with Crippen molar-refractivity contribution in [2.24, 2.45) is 11.8 Å². The Balaban J connectivity index is 0.00000132. The quantitative estimate of drug-likeness (QED) is 0.786. The van der Waals surface area contributed by atoms with Gasteiger partial charge in [-0.15, -0.1) is 24.8 Å². The predicted octanol–water partition coefficient (Wildman–Crippen LogP) is 2.60. The van der Waals surface area contributed by atoms with E-state index in [1.807, 2.05) is 0 Å². The maximum Gasteiger partial charge on any atom is 0.220 e. The van der Waals surface area contributed by atoms with Crippen molar-refractivity contribution in [1.82, 2.24) is 15.5 Å². The molecular formula is C17H33Cl2N3O. The second-order valence-corrected chi connectivity index (χ2v) is 7.56. The van der Waals surface area contributed by atoms with Gasteiger partial charge in [0.25, 0.3) is 0 Å². The number of nitrogens with one attached hydrogen (secondary N) is 2. The third kappa shape index (κ3) is 5.77. The third-order valence-electron chi connectivity index (χ3n) is 5.65. The van der Waals surface area contributed by atoms with Crippen LogP contribution < -0.4 is 10.6 Å². The van der Waals surface area contributed by atoms with Crippen molar-refractivity contribution >= 4 is 30.7 Å². The Morgan fingerprint density at radius 1 is 1.30 bits per heavy atom. The second kappa shape index (κ2) is 9.45. The molecule has 3 rings (SSSR count). The van der Waals surface area contributed by atoms with Crippen molar-refractivity contribution < 1.29 is 4.79 Å². The van der Waals surface area contributed by atoms with Crippen LogP contribution >= 0.6 is 24.8 Å². The van der Waals surface area contributed by atoms with Gasteiger partial charge in [0, 0.05) is 31.1 Å². The number of hydrogen-bond donors (Lipinski definition) is 2. The second-order valence-electron chi connectivity index (χ2n) is 7.56. The van der Waals surface area contributed by atoms with Gasteiger partial charge < -0.3 is 10.6 Å². The lowest BCUT2D eigenvalue weighted by atomic mass is 9.85. The van der Waals surface area contributed by atoms with Crippen molar-refractivity contribution in [1.29, 1.82) is 0 Å². The van der Waals surface area contributed by atoms with Crippen LogP contribution in [0.5, 0.6) is 0 Å². The molecule has 136 valence electrons. The highest BCUT2D eigenvalue weighted by molar-refractivity contribution is 5.85. The summed E-state index contributed by atoms with van der Waals surface area (Å²) in [4.78, 5) is 14.9. The molecular weight excluding hydrogens is 333 g/mol. The highest BCUT2D eigenvalue weighted by Gasteiger charge is 2.39. The van der Waals surface area contributed by atoms with Gasteiger partial charge >= 0.3 is 0 Å². The number of carbonyl (C=O) groups is 1. The van der Waals surface area contributed by atoms with Crippen LogP contribution in [0.15, 0.2) is 0 Å². The van der Waals surface area contributed by atoms with E-state index >= 15 is 0 Å². The van der Waals surface area contributed by atoms with Crippen molar-refractivity contribution in [3.63, 3.8) is 0 Å². The number of nitrogens with zero attached hydrogens (tertiary/aromatic N) is 1. The molecule has 2 N–H and O–H groups in total. The summed E-state index contributed by atoms with van der Waals surface area (Å²) in [6, 6.07) is 1.83. The Kier molecular flexibility index (Phi) is 8.64. The lowest BCUT2D eigenvalue weighted by Gasteiger charge is -2.28. The van der Waals surface area contributed by atoms with Gasteiger partial charge in [0.15, 0.2) is 0 Å². The molecule has 0 aromatic heterocycles. The molecule has 4 nitrogen and oxygen atoms in total. The number of rotatable bonds is 5. The molecule has 0 bridgehead atoms. The van der Waals surface area contributed by atoms with Crippen LogP contribution in [-0.4, -0.2) is 48.6 Å². The van der Waals surface area contributed by atoms with E-state index in [4.69, 9.17) is 0 Å². The standard InChI is InChI=1S/C17H31N3O.2ClH/c1-12(14-4-3-7-18-10-14)8-17(21)19-15-9-13(2)20(11-15)16-5-6-16;;/h12-16,18H,3-11H2,1-2H3,(H,19,21);2*1H. The van der Waals surface area contributed by atoms with Gasteiger partial charge in [-0.05, 0) is 64.0 Å². The van der Waals surface area contributed by atoms with Crippen LogP contribution in [0, 0.1) is 11.8 Å². The van der Waals surface area contributed by atoms with Gasteiger partial charge in [-0.2, -0.15) is 0 Å². The number of halogens is 2. The van der Waals surface area contributed by atoms with Crippen molar-refractivity contribution in [2.75, 3.05) is 19.6 Å². The molecule has 1 amide bonds. The lowest BCUT2D eigenvalue weighted by Crippen LogP contribution is -2.40. The summed E-state index contributed by atoms with van der Waals surface area (Å²) in [6.45, 7) is 7.85. The zero-order valence-electron chi connectivity index (χ0n) is 14.4. The van der Waals surface area contributed by atoms with Crippen LogP contribution in [0.25, 0.3) is 0 Å². The lowest BCUT2D eigenvalue weighted by molar-refractivity contribution is -0.123. The maximum atomic E-state index is 12.3. The molecule has 1 saturated carbocycles. The number of carbonyl (C=O) groups excluding carboxylic acids is 1. The molecule has 23 heavy (non-hydrogen) atoms. The Bertz CT molecular complexity index is 373. The molecule has 3 aliphatic rings. The molecule has 0 aromatic carbocycles. The predicted molar refractivity (Wildman–Crippen MR) is 99.6 cm³/mol. The van der Waals surface area contributed by atoms with Gasteiger partial charge in [-0.25, -0.2) is 0 Å². The van der Waals surface area contributed by atoms with Crippen molar-refractivity contribution in [3.05, 3.63) is 0 Å². The molecule has 3 fully saturated rings. The molecule has 0 aromatic rings. The fourth-order valence-corrected chi connectivity index (χ4v) is 4.19. The van der Waals surface area contributed by atoms with Crippen molar-refractivity contribution in [2.45, 2.75) is 70.5 Å². The Morgan fingerprint density at radius 3 is 2.65 bits per heavy atom. The summed E-state index contributed by atoms with van der Waals surface area (Å²) in [7, 11) is 0. The van der Waals surface area contributed by atoms with E-state index in [0.29, 0.717) is 30.3 Å². The molecule has 2 heterocycles. The van der Waals surface area contributed by atoms with Gasteiger partial charge in [0.2, 0.25) is 5.91 Å². The Hall–Kier alpha value is -0.0300. The molecule has 4 unspecified atom stereocenters. The molecule has 2 saturated heterocycles. The summed E-state index contributed by atoms with van der Waals surface area (Å²) in [6.07, 6.45) is 7.07. The Morgan fingerprint density at radius 2 is 2.04 bits per heavy atom. The van der Waals surface area contributed by atoms with E-state index in [1.165, 1.54) is 25.7 Å². The van der Waals surface area contributed by atoms with Crippen LogP contribution in [0.1, 0.15) is 52.4 Å². The van der Waals surface area contributed by atoms with Gasteiger partial charge in [0.05, 0.1) is 0 Å². The van der Waals surface area contributed by atoms with Gasteiger partial charge in [0.1, 0.15) is 0 Å². The number of hydrogen-bond acceptors (Lipinski definition) is 3. The number of amides is 1. The van der Waals surface area contributed by atoms with E-state index in [0.717, 1.165) is 32.1 Å². The Labute approximate surface area is 153 Å². The molecule has 0 spiro atoms. The SMILES string of the molecule is CC(CC(=O)NC1CC(C)N(C2CC2)C1)C1CCCNC1.Cl.Cl. The highest BCUT2D eigenvalue weighted by Crippen LogP contribution is 2.33. The average Bonchev–Trinajstić information content (AvgIpc) is 3.24. The first-order valence-corrected chi connectivity index (χ1v) is 8.89. The summed E-state index contributed by atoms with van der Waals surface area (Å²) in [5, 5.41) is 6.75. The minimum Gasteiger partial charge on any atom is -0.352 e. The first kappa shape index (κ1) is 21.0. The minimum atomic E-state index is 0. The number of piperidine rings is 1. The van der Waals surface area contributed by atoms with E-state index in [1.54, 1.807) is 0 Å². The summed E-state index contributed by atoms with van der Waals surface area (Å²) in [5.74, 6) is 1.44. The van der Waals surface area contributed by atoms with E-state index in [9.17, 15) is 4.79 Å². The van der Waals surface area contributed by atoms with Crippen molar-refractivity contribution in [3.8, 4) is 0 Å². The third-order valence-corrected chi connectivity index (χ3v) is 5.65. The normalized spacial score (nSPS) is 32.5. The van der Waals surface area contributed by atoms with Crippen LogP contribution in [-0.2, 0) is 4.79 Å². The monoisotopic (exact) mass is 365 g/mol. The van der Waals surface area contributed by atoms with E-state index in [2.05, 4.69) is 29.4 Å². The van der Waals surface area contributed by atoms with E-state index < -0.39 is 0 Å². The van der Waals surface area contributed by atoms with Gasteiger partial charge in [-0.3, -0.25) is 9.69 Å². The topological polar surface area (TPSA) is 44.4 Å². The first-order chi connectivity index (χ1) is 10.1. The molecule has 6 heteroatoms. The molecule has 4 atom stereocenters. The first-order valence-electron chi connectivity index (χ1n) is 8.89. The molecule has 1 aliphatic carbocycles. The maximum absolute atomic E-state index is 12.3. The minimum absolute atomic E-state index is 0. The smallest absolute Gasteiger partial charge is 0.220 e. The van der Waals surface area contributed by atoms with E-state index in [-0.39, 0.29) is 30.7 Å². The number of likely N-dealkylation sites (tertiary alicyclic amines) is 1. The zero-order chi connectivity index (χ0) is 14.8. The fraction of sp³-hybridized carbons (Fsp3) is 0.941. The zero-order valence-corrected chi connectivity index (χ0v) is 16.1. The molecule has 0 radical (unpaired) electrons. The highest BCUT2D eigenvalue weighted by atomic mass is 35.5. The largest absolute Gasteiger partial charge is 0.352 e. The summed E-state index contributed by atoms with van der Waals surface area (Å²) < 4.78 is 0.